The normalized spacial score (nSPS) is 10.4. The van der Waals surface area contributed by atoms with Crippen molar-refractivity contribution in [1.82, 2.24) is 0 Å². The van der Waals surface area contributed by atoms with Gasteiger partial charge in [-0.25, -0.2) is 0 Å². The van der Waals surface area contributed by atoms with E-state index in [4.69, 9.17) is 0 Å². The van der Waals surface area contributed by atoms with Crippen LogP contribution in [0.2, 0.25) is 0 Å². The summed E-state index contributed by atoms with van der Waals surface area (Å²) in [6, 6.07) is 6.07. The van der Waals surface area contributed by atoms with Gasteiger partial charge in [0, 0.05) is 17.4 Å². The molecule has 1 aromatic carbocycles. The molecule has 2 nitrogen and oxygen atoms in total. The number of amides is 1. The molecule has 100 valence electrons. The Hall–Kier alpha value is -0.830. The molecule has 1 N–H and O–H groups in total. The van der Waals surface area contributed by atoms with E-state index in [-0.39, 0.29) is 5.91 Å². The molecule has 0 fully saturated rings. The summed E-state index contributed by atoms with van der Waals surface area (Å²) in [5.74, 6) is 0.131. The Balaban J connectivity index is 2.36. The van der Waals surface area contributed by atoms with Crippen LogP contribution in [0, 0.1) is 13.8 Å². The van der Waals surface area contributed by atoms with E-state index in [1.165, 1.54) is 12.8 Å². The number of hydrogen-bond acceptors (Lipinski definition) is 1. The van der Waals surface area contributed by atoms with Crippen LogP contribution in [-0.4, -0.2) is 11.2 Å². The molecule has 0 heterocycles. The Morgan fingerprint density at radius 1 is 1.11 bits per heavy atom. The largest absolute Gasteiger partial charge is 0.326 e. The van der Waals surface area contributed by atoms with Crippen molar-refractivity contribution in [3.05, 3.63) is 29.3 Å². The maximum atomic E-state index is 11.8. The summed E-state index contributed by atoms with van der Waals surface area (Å²) < 4.78 is 0. The first-order valence-electron chi connectivity index (χ1n) is 6.57. The summed E-state index contributed by atoms with van der Waals surface area (Å²) in [7, 11) is 0. The minimum absolute atomic E-state index is 0.131. The molecule has 0 aliphatic carbocycles. The number of para-hydroxylation sites is 1. The van der Waals surface area contributed by atoms with Gasteiger partial charge in [0.2, 0.25) is 5.91 Å². The quantitative estimate of drug-likeness (QED) is 0.579. The lowest BCUT2D eigenvalue weighted by Crippen LogP contribution is -2.13. The van der Waals surface area contributed by atoms with Crippen molar-refractivity contribution < 1.29 is 4.79 Å². The Kier molecular flexibility index (Phi) is 7.02. The number of carbonyl (C=O) groups excluding carboxylic acids is 1. The number of carbonyl (C=O) groups is 1. The number of unbranched alkanes of at least 4 members (excludes halogenated alkanes) is 3. The van der Waals surface area contributed by atoms with Crippen molar-refractivity contribution in [2.75, 3.05) is 10.6 Å². The number of rotatable bonds is 7. The Bertz CT molecular complexity index is 370. The van der Waals surface area contributed by atoms with Crippen molar-refractivity contribution in [3.8, 4) is 0 Å². The highest BCUT2D eigenvalue weighted by atomic mass is 79.9. The highest BCUT2D eigenvalue weighted by Gasteiger charge is 2.06. The van der Waals surface area contributed by atoms with Crippen LogP contribution in [0.5, 0.6) is 0 Å². The first-order valence-corrected chi connectivity index (χ1v) is 7.69. The number of aryl methyl sites for hydroxylation is 2. The highest BCUT2D eigenvalue weighted by Crippen LogP contribution is 2.19. The zero-order chi connectivity index (χ0) is 13.4. The summed E-state index contributed by atoms with van der Waals surface area (Å²) in [6.07, 6.45) is 5.12. The number of alkyl halides is 1. The fourth-order valence-corrected chi connectivity index (χ4v) is 2.34. The van der Waals surface area contributed by atoms with E-state index in [2.05, 4.69) is 21.2 Å². The van der Waals surface area contributed by atoms with E-state index in [0.29, 0.717) is 6.42 Å². The van der Waals surface area contributed by atoms with Crippen LogP contribution in [0.1, 0.15) is 43.2 Å². The van der Waals surface area contributed by atoms with Crippen molar-refractivity contribution in [1.29, 1.82) is 0 Å². The Morgan fingerprint density at radius 3 is 2.33 bits per heavy atom. The third kappa shape index (κ3) is 5.21. The standard InChI is InChI=1S/C15H22BrNO/c1-12-8-7-9-13(2)15(12)17-14(18)10-5-3-4-6-11-16/h7-9H,3-6,10-11H2,1-2H3,(H,17,18). The van der Waals surface area contributed by atoms with Gasteiger partial charge in [0.25, 0.3) is 0 Å². The second-order valence-electron chi connectivity index (χ2n) is 4.67. The molecule has 0 atom stereocenters. The summed E-state index contributed by atoms with van der Waals surface area (Å²) in [6.45, 7) is 4.05. The first-order chi connectivity index (χ1) is 8.65. The van der Waals surface area contributed by atoms with E-state index in [1.807, 2.05) is 32.0 Å². The van der Waals surface area contributed by atoms with Gasteiger partial charge in [-0.1, -0.05) is 47.0 Å². The molecule has 0 aromatic heterocycles. The van der Waals surface area contributed by atoms with Crippen LogP contribution in [0.3, 0.4) is 0 Å². The molecule has 0 saturated carbocycles. The molecular weight excluding hydrogens is 290 g/mol. The monoisotopic (exact) mass is 311 g/mol. The van der Waals surface area contributed by atoms with Crippen LogP contribution in [0.15, 0.2) is 18.2 Å². The topological polar surface area (TPSA) is 29.1 Å². The fraction of sp³-hybridized carbons (Fsp3) is 0.533. The summed E-state index contributed by atoms with van der Waals surface area (Å²) in [5, 5.41) is 4.08. The summed E-state index contributed by atoms with van der Waals surface area (Å²) >= 11 is 3.41. The lowest BCUT2D eigenvalue weighted by Gasteiger charge is -2.11. The lowest BCUT2D eigenvalue weighted by molar-refractivity contribution is -0.116. The molecule has 1 amide bonds. The number of hydrogen-bond donors (Lipinski definition) is 1. The minimum atomic E-state index is 0.131. The average molecular weight is 312 g/mol. The molecule has 0 saturated heterocycles. The number of nitrogens with one attached hydrogen (secondary N) is 1. The predicted octanol–water partition coefficient (Wildman–Crippen LogP) is 4.59. The molecule has 0 unspecified atom stereocenters. The van der Waals surface area contributed by atoms with Crippen LogP contribution in [-0.2, 0) is 4.79 Å². The van der Waals surface area contributed by atoms with Gasteiger partial charge in [0.05, 0.1) is 0 Å². The molecule has 1 rings (SSSR count). The number of benzene rings is 1. The molecule has 0 aliphatic rings. The molecule has 1 aromatic rings. The molecule has 3 heteroatoms. The van der Waals surface area contributed by atoms with Crippen molar-refractivity contribution in [2.24, 2.45) is 0 Å². The van der Waals surface area contributed by atoms with Gasteiger partial charge >= 0.3 is 0 Å². The van der Waals surface area contributed by atoms with Crippen LogP contribution < -0.4 is 5.32 Å². The van der Waals surface area contributed by atoms with Gasteiger partial charge < -0.3 is 5.32 Å². The molecule has 18 heavy (non-hydrogen) atoms. The smallest absolute Gasteiger partial charge is 0.224 e. The fourth-order valence-electron chi connectivity index (χ4n) is 1.95. The average Bonchev–Trinajstić information content (AvgIpc) is 2.34. The minimum Gasteiger partial charge on any atom is -0.326 e. The van der Waals surface area contributed by atoms with Gasteiger partial charge in [-0.3, -0.25) is 4.79 Å². The lowest BCUT2D eigenvalue weighted by atomic mass is 10.1. The summed E-state index contributed by atoms with van der Waals surface area (Å²) in [4.78, 5) is 11.8. The van der Waals surface area contributed by atoms with Gasteiger partial charge in [0.1, 0.15) is 0 Å². The van der Waals surface area contributed by atoms with Crippen molar-refractivity contribution >= 4 is 27.5 Å². The van der Waals surface area contributed by atoms with Gasteiger partial charge in [-0.05, 0) is 37.8 Å². The van der Waals surface area contributed by atoms with Gasteiger partial charge in [-0.2, -0.15) is 0 Å². The van der Waals surface area contributed by atoms with Crippen LogP contribution in [0.4, 0.5) is 5.69 Å². The first kappa shape index (κ1) is 15.2. The second kappa shape index (κ2) is 8.30. The van der Waals surface area contributed by atoms with Crippen molar-refractivity contribution in [2.45, 2.75) is 46.0 Å². The van der Waals surface area contributed by atoms with E-state index in [1.54, 1.807) is 0 Å². The molecular formula is C15H22BrNO. The third-order valence-electron chi connectivity index (χ3n) is 3.03. The van der Waals surface area contributed by atoms with Crippen LogP contribution in [0.25, 0.3) is 0 Å². The summed E-state index contributed by atoms with van der Waals surface area (Å²) in [5.41, 5.74) is 3.23. The molecule has 0 aliphatic heterocycles. The zero-order valence-electron chi connectivity index (χ0n) is 11.3. The van der Waals surface area contributed by atoms with Crippen LogP contribution >= 0.6 is 15.9 Å². The maximum absolute atomic E-state index is 11.8. The SMILES string of the molecule is Cc1cccc(C)c1NC(=O)CCCCCCBr. The predicted molar refractivity (Wildman–Crippen MR) is 81.4 cm³/mol. The second-order valence-corrected chi connectivity index (χ2v) is 5.46. The zero-order valence-corrected chi connectivity index (χ0v) is 12.8. The van der Waals surface area contributed by atoms with Gasteiger partial charge in [0.15, 0.2) is 0 Å². The molecule has 0 spiro atoms. The highest BCUT2D eigenvalue weighted by molar-refractivity contribution is 9.09. The Labute approximate surface area is 118 Å². The molecule has 0 radical (unpaired) electrons. The number of anilines is 1. The van der Waals surface area contributed by atoms with Gasteiger partial charge in [-0.15, -0.1) is 0 Å². The van der Waals surface area contributed by atoms with E-state index in [0.717, 1.165) is 35.0 Å². The third-order valence-corrected chi connectivity index (χ3v) is 3.59. The molecule has 0 bridgehead atoms. The van der Waals surface area contributed by atoms with E-state index >= 15 is 0 Å². The number of halogens is 1. The van der Waals surface area contributed by atoms with E-state index in [9.17, 15) is 4.79 Å². The van der Waals surface area contributed by atoms with E-state index < -0.39 is 0 Å². The van der Waals surface area contributed by atoms with Crippen molar-refractivity contribution in [3.63, 3.8) is 0 Å². The maximum Gasteiger partial charge on any atom is 0.224 e. The Morgan fingerprint density at radius 2 is 1.72 bits per heavy atom.